The molecule has 1 aromatic heterocycles. The van der Waals surface area contributed by atoms with Crippen molar-refractivity contribution in [3.63, 3.8) is 0 Å². The topological polar surface area (TPSA) is 70.9 Å². The normalized spacial score (nSPS) is 12.7. The summed E-state index contributed by atoms with van der Waals surface area (Å²) in [6.45, 7) is 3.91. The standard InChI is InChI=1S/C13H16FN3O/c1-7(15)6-16-13(18)11-8(2)17-10-5-3-4-9(14)12(10)11/h3-5,7,17H,6,15H2,1-2H3,(H,16,18). The van der Waals surface area contributed by atoms with Gasteiger partial charge in [0.1, 0.15) is 5.82 Å². The number of carbonyl (C=O) groups is 1. The van der Waals surface area contributed by atoms with Gasteiger partial charge in [-0.25, -0.2) is 4.39 Å². The Morgan fingerprint density at radius 1 is 1.56 bits per heavy atom. The molecule has 96 valence electrons. The van der Waals surface area contributed by atoms with E-state index in [1.165, 1.54) is 6.07 Å². The Hall–Kier alpha value is -1.88. The molecule has 4 nitrogen and oxygen atoms in total. The highest BCUT2D eigenvalue weighted by molar-refractivity contribution is 6.08. The summed E-state index contributed by atoms with van der Waals surface area (Å²) in [7, 11) is 0. The van der Waals surface area contributed by atoms with E-state index in [1.807, 2.05) is 0 Å². The molecule has 1 amide bonds. The van der Waals surface area contributed by atoms with Crippen molar-refractivity contribution < 1.29 is 9.18 Å². The number of hydrogen-bond donors (Lipinski definition) is 3. The number of nitrogens with two attached hydrogens (primary N) is 1. The smallest absolute Gasteiger partial charge is 0.253 e. The summed E-state index contributed by atoms with van der Waals surface area (Å²) in [5.41, 5.74) is 7.20. The van der Waals surface area contributed by atoms with E-state index in [0.717, 1.165) is 0 Å². The van der Waals surface area contributed by atoms with Crippen LogP contribution in [0.1, 0.15) is 23.0 Å². The lowest BCUT2D eigenvalue weighted by molar-refractivity contribution is 0.0952. The van der Waals surface area contributed by atoms with Crippen LogP contribution in [0.4, 0.5) is 4.39 Å². The highest BCUT2D eigenvalue weighted by Gasteiger charge is 2.18. The zero-order chi connectivity index (χ0) is 13.3. The Morgan fingerprint density at radius 2 is 2.28 bits per heavy atom. The van der Waals surface area contributed by atoms with Gasteiger partial charge in [0, 0.05) is 29.2 Å². The van der Waals surface area contributed by atoms with Gasteiger partial charge in [-0.1, -0.05) is 6.07 Å². The molecule has 0 bridgehead atoms. The number of aromatic nitrogens is 1. The molecule has 2 rings (SSSR count). The van der Waals surface area contributed by atoms with Gasteiger partial charge in [0.15, 0.2) is 0 Å². The average molecular weight is 249 g/mol. The first-order valence-corrected chi connectivity index (χ1v) is 5.81. The second kappa shape index (κ2) is 4.78. The van der Waals surface area contributed by atoms with Crippen molar-refractivity contribution in [3.8, 4) is 0 Å². The van der Waals surface area contributed by atoms with Crippen LogP contribution in [0, 0.1) is 12.7 Å². The zero-order valence-corrected chi connectivity index (χ0v) is 10.4. The first-order valence-electron chi connectivity index (χ1n) is 5.81. The molecule has 5 heteroatoms. The Bertz CT molecular complexity index is 589. The number of carbonyl (C=O) groups excluding carboxylic acids is 1. The van der Waals surface area contributed by atoms with Crippen molar-refractivity contribution in [2.75, 3.05) is 6.54 Å². The molecule has 0 aliphatic heterocycles. The number of halogens is 1. The number of H-pyrrole nitrogens is 1. The number of hydrogen-bond acceptors (Lipinski definition) is 2. The third-order valence-corrected chi connectivity index (χ3v) is 2.77. The largest absolute Gasteiger partial charge is 0.358 e. The summed E-state index contributed by atoms with van der Waals surface area (Å²) in [6.07, 6.45) is 0. The van der Waals surface area contributed by atoms with Gasteiger partial charge in [0.05, 0.1) is 5.56 Å². The molecule has 0 radical (unpaired) electrons. The molecule has 0 spiro atoms. The maximum atomic E-state index is 13.8. The van der Waals surface area contributed by atoms with Gasteiger partial charge < -0.3 is 16.0 Å². The molecule has 4 N–H and O–H groups in total. The van der Waals surface area contributed by atoms with Gasteiger partial charge in [0.2, 0.25) is 0 Å². The molecule has 18 heavy (non-hydrogen) atoms. The van der Waals surface area contributed by atoms with Crippen molar-refractivity contribution in [2.24, 2.45) is 5.73 Å². The first kappa shape index (κ1) is 12.6. The Kier molecular flexibility index (Phi) is 3.34. The van der Waals surface area contributed by atoms with E-state index >= 15 is 0 Å². The molecular formula is C13H16FN3O. The van der Waals surface area contributed by atoms with Crippen LogP contribution >= 0.6 is 0 Å². The minimum atomic E-state index is -0.400. The lowest BCUT2D eigenvalue weighted by Crippen LogP contribution is -2.35. The van der Waals surface area contributed by atoms with Gasteiger partial charge in [-0.2, -0.15) is 0 Å². The van der Waals surface area contributed by atoms with Crippen LogP contribution < -0.4 is 11.1 Å². The summed E-state index contributed by atoms with van der Waals surface area (Å²) in [4.78, 5) is 15.0. The summed E-state index contributed by atoms with van der Waals surface area (Å²) in [5.74, 6) is -0.705. The second-order valence-corrected chi connectivity index (χ2v) is 4.47. The maximum absolute atomic E-state index is 13.8. The molecule has 0 fully saturated rings. The molecule has 0 aliphatic carbocycles. The number of aromatic amines is 1. The lowest BCUT2D eigenvalue weighted by atomic mass is 10.1. The second-order valence-electron chi connectivity index (χ2n) is 4.47. The van der Waals surface area contributed by atoms with Crippen LogP contribution in [0.2, 0.25) is 0 Å². The summed E-state index contributed by atoms with van der Waals surface area (Å²) >= 11 is 0. The molecular weight excluding hydrogens is 233 g/mol. The maximum Gasteiger partial charge on any atom is 0.253 e. The van der Waals surface area contributed by atoms with Crippen molar-refractivity contribution in [1.29, 1.82) is 0 Å². The fourth-order valence-electron chi connectivity index (χ4n) is 1.96. The first-order chi connectivity index (χ1) is 8.50. The minimum Gasteiger partial charge on any atom is -0.358 e. The highest BCUT2D eigenvalue weighted by atomic mass is 19.1. The quantitative estimate of drug-likeness (QED) is 0.774. The van der Waals surface area contributed by atoms with Crippen molar-refractivity contribution >= 4 is 16.8 Å². The van der Waals surface area contributed by atoms with Crippen LogP contribution in [0.15, 0.2) is 18.2 Å². The molecule has 0 saturated carbocycles. The van der Waals surface area contributed by atoms with Crippen LogP contribution in [0.5, 0.6) is 0 Å². The predicted octanol–water partition coefficient (Wildman–Crippen LogP) is 1.69. The molecule has 0 saturated heterocycles. The van der Waals surface area contributed by atoms with Crippen LogP contribution in [0.25, 0.3) is 10.9 Å². The Labute approximate surface area is 104 Å². The molecule has 1 unspecified atom stereocenters. The van der Waals surface area contributed by atoms with E-state index in [9.17, 15) is 9.18 Å². The van der Waals surface area contributed by atoms with Crippen molar-refractivity contribution in [2.45, 2.75) is 19.9 Å². The Balaban J connectivity index is 2.43. The van der Waals surface area contributed by atoms with Crippen LogP contribution in [-0.2, 0) is 0 Å². The zero-order valence-electron chi connectivity index (χ0n) is 10.4. The fourth-order valence-corrected chi connectivity index (χ4v) is 1.96. The predicted molar refractivity (Wildman–Crippen MR) is 69.0 cm³/mol. The molecule has 2 aromatic rings. The van der Waals surface area contributed by atoms with E-state index in [2.05, 4.69) is 10.3 Å². The third kappa shape index (κ3) is 2.22. The number of rotatable bonds is 3. The molecule has 1 atom stereocenters. The lowest BCUT2D eigenvalue weighted by Gasteiger charge is -2.08. The number of aryl methyl sites for hydroxylation is 1. The number of nitrogens with one attached hydrogen (secondary N) is 2. The summed E-state index contributed by atoms with van der Waals surface area (Å²) in [5, 5.41) is 3.02. The molecule has 1 heterocycles. The monoisotopic (exact) mass is 249 g/mol. The van der Waals surface area contributed by atoms with Crippen molar-refractivity contribution in [3.05, 3.63) is 35.3 Å². The molecule has 0 aliphatic rings. The van der Waals surface area contributed by atoms with Crippen molar-refractivity contribution in [1.82, 2.24) is 10.3 Å². The Morgan fingerprint density at radius 3 is 2.94 bits per heavy atom. The number of fused-ring (bicyclic) bond motifs is 1. The number of amides is 1. The highest BCUT2D eigenvalue weighted by Crippen LogP contribution is 2.24. The van der Waals surface area contributed by atoms with E-state index in [-0.39, 0.29) is 11.9 Å². The van der Waals surface area contributed by atoms with Gasteiger partial charge in [-0.15, -0.1) is 0 Å². The van der Waals surface area contributed by atoms with E-state index in [0.29, 0.717) is 28.7 Å². The van der Waals surface area contributed by atoms with Gasteiger partial charge in [-0.05, 0) is 26.0 Å². The average Bonchev–Trinajstić information content (AvgIpc) is 2.63. The van der Waals surface area contributed by atoms with E-state index in [1.54, 1.807) is 26.0 Å². The van der Waals surface area contributed by atoms with Crippen LogP contribution in [-0.4, -0.2) is 23.5 Å². The summed E-state index contributed by atoms with van der Waals surface area (Å²) in [6, 6.07) is 4.56. The molecule has 1 aromatic carbocycles. The van der Waals surface area contributed by atoms with E-state index < -0.39 is 5.82 Å². The number of benzene rings is 1. The van der Waals surface area contributed by atoms with Gasteiger partial charge >= 0.3 is 0 Å². The van der Waals surface area contributed by atoms with Gasteiger partial charge in [0.25, 0.3) is 5.91 Å². The van der Waals surface area contributed by atoms with Crippen LogP contribution in [0.3, 0.4) is 0 Å². The van der Waals surface area contributed by atoms with Gasteiger partial charge in [-0.3, -0.25) is 4.79 Å². The summed E-state index contributed by atoms with van der Waals surface area (Å²) < 4.78 is 13.8. The SMILES string of the molecule is Cc1[nH]c2cccc(F)c2c1C(=O)NCC(C)N. The van der Waals surface area contributed by atoms with E-state index in [4.69, 9.17) is 5.73 Å². The third-order valence-electron chi connectivity index (χ3n) is 2.77. The fraction of sp³-hybridized carbons (Fsp3) is 0.308. The minimum absolute atomic E-state index is 0.135.